The van der Waals surface area contributed by atoms with Gasteiger partial charge in [0.25, 0.3) is 0 Å². The van der Waals surface area contributed by atoms with Gasteiger partial charge < -0.3 is 10.4 Å². The van der Waals surface area contributed by atoms with Gasteiger partial charge in [0.05, 0.1) is 12.2 Å². The van der Waals surface area contributed by atoms with E-state index in [9.17, 15) is 9.59 Å². The summed E-state index contributed by atoms with van der Waals surface area (Å²) in [7, 11) is 0. The summed E-state index contributed by atoms with van der Waals surface area (Å²) in [4.78, 5) is 22.5. The Morgan fingerprint density at radius 1 is 1.40 bits per heavy atom. The lowest BCUT2D eigenvalue weighted by atomic mass is 10.1. The van der Waals surface area contributed by atoms with Crippen molar-refractivity contribution in [3.63, 3.8) is 0 Å². The maximum atomic E-state index is 11.8. The number of aliphatic carboxylic acids is 1. The maximum absolute atomic E-state index is 11.8. The van der Waals surface area contributed by atoms with Gasteiger partial charge in [0, 0.05) is 10.7 Å². The first-order chi connectivity index (χ1) is 9.49. The van der Waals surface area contributed by atoms with Crippen molar-refractivity contribution in [3.05, 3.63) is 29.3 Å². The highest BCUT2D eigenvalue weighted by Gasteiger charge is 2.44. The molecule has 0 heterocycles. The van der Waals surface area contributed by atoms with Crippen molar-refractivity contribution in [1.82, 2.24) is 0 Å². The fourth-order valence-electron chi connectivity index (χ4n) is 1.99. The predicted molar refractivity (Wildman–Crippen MR) is 81.3 cm³/mol. The van der Waals surface area contributed by atoms with Gasteiger partial charge in [0.15, 0.2) is 0 Å². The van der Waals surface area contributed by atoms with Crippen molar-refractivity contribution in [1.29, 1.82) is 0 Å². The molecule has 2 rings (SSSR count). The Bertz CT molecular complexity index is 517. The highest BCUT2D eigenvalue weighted by molar-refractivity contribution is 8.00. The van der Waals surface area contributed by atoms with E-state index in [1.165, 1.54) is 11.8 Å². The molecule has 0 atom stereocenters. The van der Waals surface area contributed by atoms with Gasteiger partial charge in [-0.3, -0.25) is 9.59 Å². The molecular weight excluding hydrogens is 298 g/mol. The van der Waals surface area contributed by atoms with Gasteiger partial charge in [-0.05, 0) is 42.2 Å². The van der Waals surface area contributed by atoms with E-state index in [-0.39, 0.29) is 17.7 Å². The number of hydrogen-bond acceptors (Lipinski definition) is 3. The minimum Gasteiger partial charge on any atom is -0.481 e. The van der Waals surface area contributed by atoms with E-state index in [4.69, 9.17) is 16.7 Å². The average Bonchev–Trinajstić information content (AvgIpc) is 3.07. The Kier molecular flexibility index (Phi) is 4.94. The third-order valence-corrected chi connectivity index (χ3v) is 4.75. The van der Waals surface area contributed by atoms with Crippen LogP contribution < -0.4 is 5.32 Å². The molecule has 1 aromatic carbocycles. The Morgan fingerprint density at radius 3 is 2.75 bits per heavy atom. The van der Waals surface area contributed by atoms with Crippen LogP contribution >= 0.6 is 23.4 Å². The lowest BCUT2D eigenvalue weighted by molar-refractivity contribution is -0.138. The van der Waals surface area contributed by atoms with Crippen molar-refractivity contribution >= 4 is 40.9 Å². The molecule has 0 unspecified atom stereocenters. The van der Waals surface area contributed by atoms with Crippen LogP contribution in [0.4, 0.5) is 5.69 Å². The highest BCUT2D eigenvalue weighted by Crippen LogP contribution is 2.50. The van der Waals surface area contributed by atoms with Crippen LogP contribution in [0.3, 0.4) is 0 Å². The second-order valence-electron chi connectivity index (χ2n) is 5.12. The summed E-state index contributed by atoms with van der Waals surface area (Å²) in [5, 5.41) is 12.2. The molecule has 6 heteroatoms. The number of carboxylic acid groups (broad SMARTS) is 1. The lowest BCUT2D eigenvalue weighted by Gasteiger charge is -2.11. The fourth-order valence-corrected chi connectivity index (χ4v) is 3.37. The average molecular weight is 314 g/mol. The molecule has 0 saturated heterocycles. The van der Waals surface area contributed by atoms with Crippen LogP contribution in [0.1, 0.15) is 19.3 Å². The van der Waals surface area contributed by atoms with Crippen molar-refractivity contribution in [3.8, 4) is 0 Å². The van der Waals surface area contributed by atoms with Crippen LogP contribution in [0.2, 0.25) is 5.02 Å². The molecule has 0 spiro atoms. The number of hydrogen-bond donors (Lipinski definition) is 2. The number of rotatable bonds is 7. The molecule has 1 fully saturated rings. The van der Waals surface area contributed by atoms with Gasteiger partial charge in [0.1, 0.15) is 0 Å². The Balaban J connectivity index is 1.72. The largest absolute Gasteiger partial charge is 0.481 e. The van der Waals surface area contributed by atoms with Crippen LogP contribution in [0.15, 0.2) is 24.3 Å². The van der Waals surface area contributed by atoms with Crippen molar-refractivity contribution in [2.45, 2.75) is 19.3 Å². The number of thioether (sulfide) groups is 1. The van der Waals surface area contributed by atoms with E-state index >= 15 is 0 Å². The second-order valence-corrected chi connectivity index (χ2v) is 6.54. The number of carbonyl (C=O) groups excluding carboxylic acids is 1. The van der Waals surface area contributed by atoms with Crippen LogP contribution in [0.5, 0.6) is 0 Å². The Hall–Kier alpha value is -1.20. The van der Waals surface area contributed by atoms with E-state index in [2.05, 4.69) is 5.32 Å². The predicted octanol–water partition coefficient (Wildman–Crippen LogP) is 3.27. The van der Waals surface area contributed by atoms with Gasteiger partial charge in [-0.25, -0.2) is 0 Å². The quantitative estimate of drug-likeness (QED) is 0.811. The van der Waals surface area contributed by atoms with Gasteiger partial charge in [-0.2, -0.15) is 11.8 Å². The van der Waals surface area contributed by atoms with E-state index in [1.807, 2.05) is 0 Å². The van der Waals surface area contributed by atoms with E-state index in [0.717, 1.165) is 18.6 Å². The minimum atomic E-state index is -0.758. The third-order valence-electron chi connectivity index (χ3n) is 3.23. The van der Waals surface area contributed by atoms with Crippen LogP contribution in [0, 0.1) is 5.41 Å². The molecule has 4 nitrogen and oxygen atoms in total. The van der Waals surface area contributed by atoms with Crippen molar-refractivity contribution in [2.75, 3.05) is 16.8 Å². The Labute approximate surface area is 126 Å². The number of amides is 1. The zero-order valence-corrected chi connectivity index (χ0v) is 12.5. The first-order valence-electron chi connectivity index (χ1n) is 6.34. The maximum Gasteiger partial charge on any atom is 0.303 e. The molecule has 1 aromatic rings. The summed E-state index contributed by atoms with van der Waals surface area (Å²) in [6.07, 6.45) is 2.10. The number of anilines is 1. The molecule has 1 aliphatic carbocycles. The van der Waals surface area contributed by atoms with E-state index < -0.39 is 5.97 Å². The van der Waals surface area contributed by atoms with Gasteiger partial charge in [-0.1, -0.05) is 17.7 Å². The molecule has 0 aromatic heterocycles. The third kappa shape index (κ3) is 4.72. The van der Waals surface area contributed by atoms with Gasteiger partial charge >= 0.3 is 5.97 Å². The summed E-state index contributed by atoms with van der Waals surface area (Å²) < 4.78 is 0. The van der Waals surface area contributed by atoms with Crippen molar-refractivity contribution in [2.24, 2.45) is 5.41 Å². The zero-order valence-electron chi connectivity index (χ0n) is 10.9. The number of benzene rings is 1. The molecular formula is C14H16ClNO3S. The first-order valence-corrected chi connectivity index (χ1v) is 7.87. The van der Waals surface area contributed by atoms with Gasteiger partial charge in [0.2, 0.25) is 5.91 Å². The summed E-state index contributed by atoms with van der Waals surface area (Å²) in [5.74, 6) is 0.200. The molecule has 20 heavy (non-hydrogen) atoms. The van der Waals surface area contributed by atoms with E-state index in [0.29, 0.717) is 16.5 Å². The molecule has 1 aliphatic rings. The first kappa shape index (κ1) is 15.2. The second kappa shape index (κ2) is 6.50. The molecule has 0 radical (unpaired) electrons. The van der Waals surface area contributed by atoms with Crippen LogP contribution in [-0.4, -0.2) is 28.5 Å². The molecule has 108 valence electrons. The normalized spacial score (nSPS) is 15.7. The van der Waals surface area contributed by atoms with Crippen LogP contribution in [-0.2, 0) is 9.59 Å². The van der Waals surface area contributed by atoms with Crippen molar-refractivity contribution < 1.29 is 14.7 Å². The summed E-state index contributed by atoms with van der Waals surface area (Å²) in [6, 6.07) is 6.99. The van der Waals surface area contributed by atoms with Gasteiger partial charge in [-0.15, -0.1) is 0 Å². The topological polar surface area (TPSA) is 66.4 Å². The Morgan fingerprint density at radius 2 is 2.15 bits per heavy atom. The number of carboxylic acids is 1. The smallest absolute Gasteiger partial charge is 0.303 e. The number of nitrogens with one attached hydrogen (secondary N) is 1. The standard InChI is InChI=1S/C14H16ClNO3S/c15-10-2-1-3-11(6-10)16-12(17)8-20-9-14(4-5-14)7-13(18)19/h1-3,6H,4-5,7-9H2,(H,16,17)(H,18,19). The molecule has 0 aliphatic heterocycles. The molecule has 0 bridgehead atoms. The zero-order chi connectivity index (χ0) is 14.6. The molecule has 2 N–H and O–H groups in total. The monoisotopic (exact) mass is 313 g/mol. The molecule has 1 saturated carbocycles. The minimum absolute atomic E-state index is 0.0766. The molecule has 1 amide bonds. The fraction of sp³-hybridized carbons (Fsp3) is 0.429. The number of carbonyl (C=O) groups is 2. The summed E-state index contributed by atoms with van der Waals surface area (Å²) in [6.45, 7) is 0. The SMILES string of the molecule is O=C(O)CC1(CSCC(=O)Nc2cccc(Cl)c2)CC1. The lowest BCUT2D eigenvalue weighted by Crippen LogP contribution is -2.17. The summed E-state index contributed by atoms with van der Waals surface area (Å²) in [5.41, 5.74) is 0.599. The van der Waals surface area contributed by atoms with E-state index in [1.54, 1.807) is 24.3 Å². The highest BCUT2D eigenvalue weighted by atomic mass is 35.5. The number of halogens is 1. The summed E-state index contributed by atoms with van der Waals surface area (Å²) >= 11 is 7.32. The van der Waals surface area contributed by atoms with Crippen LogP contribution in [0.25, 0.3) is 0 Å².